The summed E-state index contributed by atoms with van der Waals surface area (Å²) in [5.74, 6) is 1.60. The number of aliphatic hydroxyl groups is 2. The molecule has 0 aliphatic carbocycles. The number of aliphatic hydroxyl groups excluding tert-OH is 2. The molecule has 0 spiro atoms. The Balaban J connectivity index is 2.34. The second-order valence-corrected chi connectivity index (χ2v) is 5.63. The molecule has 0 unspecified atom stereocenters. The van der Waals surface area contributed by atoms with Crippen LogP contribution in [0.15, 0.2) is 33.6 Å². The lowest BCUT2D eigenvalue weighted by atomic mass is 10.2. The summed E-state index contributed by atoms with van der Waals surface area (Å²) in [6.45, 7) is -0.0752. The standard InChI is InChI=1S/C13H12Cl2O3S/c14-12-9(10-3-1-8(7-17)18-10)2-4-11(13(12)15)19-6-5-16/h1-4,16-17H,5-7H2. The van der Waals surface area contributed by atoms with Crippen LogP contribution >= 0.6 is 35.0 Å². The molecule has 0 amide bonds. The Morgan fingerprint density at radius 3 is 2.47 bits per heavy atom. The Labute approximate surface area is 125 Å². The first kappa shape index (κ1) is 14.8. The molecule has 0 radical (unpaired) electrons. The van der Waals surface area contributed by atoms with Crippen molar-refractivity contribution in [1.29, 1.82) is 0 Å². The van der Waals surface area contributed by atoms with E-state index in [1.807, 2.05) is 12.1 Å². The molecule has 2 rings (SSSR count). The number of rotatable bonds is 5. The van der Waals surface area contributed by atoms with E-state index in [2.05, 4.69) is 0 Å². The van der Waals surface area contributed by atoms with Crippen molar-refractivity contribution in [3.05, 3.63) is 40.1 Å². The van der Waals surface area contributed by atoms with Gasteiger partial charge in [-0.15, -0.1) is 11.8 Å². The number of thioether (sulfide) groups is 1. The van der Waals surface area contributed by atoms with Gasteiger partial charge in [0.15, 0.2) is 0 Å². The first-order chi connectivity index (χ1) is 9.17. The topological polar surface area (TPSA) is 53.6 Å². The van der Waals surface area contributed by atoms with Gasteiger partial charge in [-0.2, -0.15) is 0 Å². The molecule has 2 N–H and O–H groups in total. The summed E-state index contributed by atoms with van der Waals surface area (Å²) in [5.41, 5.74) is 0.680. The fraction of sp³-hybridized carbons (Fsp3) is 0.231. The Morgan fingerprint density at radius 1 is 1.05 bits per heavy atom. The van der Waals surface area contributed by atoms with E-state index < -0.39 is 0 Å². The second kappa shape index (κ2) is 6.68. The summed E-state index contributed by atoms with van der Waals surface area (Å²) in [6.07, 6.45) is 0. The molecule has 19 heavy (non-hydrogen) atoms. The van der Waals surface area contributed by atoms with Gasteiger partial charge in [0.25, 0.3) is 0 Å². The molecule has 0 aliphatic heterocycles. The Bertz CT molecular complexity index is 569. The highest BCUT2D eigenvalue weighted by molar-refractivity contribution is 7.99. The van der Waals surface area contributed by atoms with Crippen molar-refractivity contribution in [2.75, 3.05) is 12.4 Å². The molecule has 6 heteroatoms. The zero-order valence-corrected chi connectivity index (χ0v) is 12.2. The lowest BCUT2D eigenvalue weighted by molar-refractivity contribution is 0.248. The van der Waals surface area contributed by atoms with Crippen LogP contribution in [0.25, 0.3) is 11.3 Å². The summed E-state index contributed by atoms with van der Waals surface area (Å²) < 4.78 is 5.44. The lowest BCUT2D eigenvalue weighted by Gasteiger charge is -2.08. The quantitative estimate of drug-likeness (QED) is 0.823. The Morgan fingerprint density at radius 2 is 1.84 bits per heavy atom. The lowest BCUT2D eigenvalue weighted by Crippen LogP contribution is -1.87. The van der Waals surface area contributed by atoms with E-state index in [0.717, 1.165) is 4.90 Å². The third-order valence-corrected chi connectivity index (χ3v) is 4.51. The molecule has 1 heterocycles. The van der Waals surface area contributed by atoms with Crippen LogP contribution in [0.1, 0.15) is 5.76 Å². The highest BCUT2D eigenvalue weighted by Gasteiger charge is 2.14. The van der Waals surface area contributed by atoms with E-state index in [0.29, 0.717) is 32.9 Å². The molecule has 1 aromatic carbocycles. The predicted octanol–water partition coefficient (Wildman–Crippen LogP) is 3.83. The maximum atomic E-state index is 8.98. The van der Waals surface area contributed by atoms with Gasteiger partial charge in [-0.25, -0.2) is 0 Å². The largest absolute Gasteiger partial charge is 0.459 e. The van der Waals surface area contributed by atoms with Crippen LogP contribution in [0.5, 0.6) is 0 Å². The number of hydrogen-bond acceptors (Lipinski definition) is 4. The average molecular weight is 319 g/mol. The minimum Gasteiger partial charge on any atom is -0.459 e. The fourth-order valence-corrected chi connectivity index (χ4v) is 2.94. The fourth-order valence-electron chi connectivity index (χ4n) is 1.60. The van der Waals surface area contributed by atoms with Crippen molar-refractivity contribution in [3.63, 3.8) is 0 Å². The molecular weight excluding hydrogens is 307 g/mol. The van der Waals surface area contributed by atoms with Gasteiger partial charge in [-0.05, 0) is 24.3 Å². The number of furan rings is 1. The highest BCUT2D eigenvalue weighted by atomic mass is 35.5. The van der Waals surface area contributed by atoms with Crippen LogP contribution < -0.4 is 0 Å². The molecule has 0 saturated heterocycles. The molecule has 2 aromatic rings. The van der Waals surface area contributed by atoms with E-state index in [-0.39, 0.29) is 13.2 Å². The van der Waals surface area contributed by atoms with Crippen LogP contribution in [-0.2, 0) is 6.61 Å². The molecule has 0 atom stereocenters. The Kier molecular flexibility index (Phi) is 5.19. The third kappa shape index (κ3) is 3.27. The predicted molar refractivity (Wildman–Crippen MR) is 77.9 cm³/mol. The summed E-state index contributed by atoms with van der Waals surface area (Å²) in [5, 5.41) is 18.6. The van der Waals surface area contributed by atoms with Crippen LogP contribution in [0.3, 0.4) is 0 Å². The summed E-state index contributed by atoms with van der Waals surface area (Å²) in [7, 11) is 0. The number of halogens is 2. The van der Waals surface area contributed by atoms with E-state index in [1.165, 1.54) is 11.8 Å². The van der Waals surface area contributed by atoms with Gasteiger partial charge < -0.3 is 14.6 Å². The SMILES string of the molecule is OCCSc1ccc(-c2ccc(CO)o2)c(Cl)c1Cl. The zero-order valence-electron chi connectivity index (χ0n) is 9.90. The van der Waals surface area contributed by atoms with Gasteiger partial charge in [0.2, 0.25) is 0 Å². The first-order valence-electron chi connectivity index (χ1n) is 5.59. The summed E-state index contributed by atoms with van der Waals surface area (Å²) in [4.78, 5) is 0.818. The molecule has 0 aliphatic rings. The van der Waals surface area contributed by atoms with E-state index in [1.54, 1.807) is 12.1 Å². The van der Waals surface area contributed by atoms with E-state index in [9.17, 15) is 0 Å². The van der Waals surface area contributed by atoms with Crippen LogP contribution in [0.4, 0.5) is 0 Å². The molecule has 3 nitrogen and oxygen atoms in total. The molecule has 102 valence electrons. The molecule has 0 saturated carbocycles. The molecule has 1 aromatic heterocycles. The summed E-state index contributed by atoms with van der Waals surface area (Å²) in [6, 6.07) is 7.08. The van der Waals surface area contributed by atoms with E-state index in [4.69, 9.17) is 37.8 Å². The van der Waals surface area contributed by atoms with Crippen molar-refractivity contribution >= 4 is 35.0 Å². The summed E-state index contributed by atoms with van der Waals surface area (Å²) >= 11 is 13.9. The minimum absolute atomic E-state index is 0.0818. The zero-order chi connectivity index (χ0) is 13.8. The molecule has 0 bridgehead atoms. The van der Waals surface area contributed by atoms with Crippen molar-refractivity contribution in [3.8, 4) is 11.3 Å². The van der Waals surface area contributed by atoms with Gasteiger partial charge in [0.05, 0.1) is 16.7 Å². The van der Waals surface area contributed by atoms with Crippen molar-refractivity contribution in [1.82, 2.24) is 0 Å². The van der Waals surface area contributed by atoms with Gasteiger partial charge in [0.1, 0.15) is 18.1 Å². The van der Waals surface area contributed by atoms with Crippen molar-refractivity contribution in [2.24, 2.45) is 0 Å². The third-order valence-electron chi connectivity index (χ3n) is 2.48. The maximum Gasteiger partial charge on any atom is 0.135 e. The number of benzene rings is 1. The maximum absolute atomic E-state index is 8.98. The molecule has 0 fully saturated rings. The smallest absolute Gasteiger partial charge is 0.135 e. The Hall–Kier alpha value is -0.650. The van der Waals surface area contributed by atoms with Crippen LogP contribution in [0, 0.1) is 0 Å². The van der Waals surface area contributed by atoms with Gasteiger partial charge in [0, 0.05) is 16.2 Å². The highest BCUT2D eigenvalue weighted by Crippen LogP contribution is 2.40. The first-order valence-corrected chi connectivity index (χ1v) is 7.33. The van der Waals surface area contributed by atoms with Gasteiger partial charge in [-0.3, -0.25) is 0 Å². The van der Waals surface area contributed by atoms with Crippen LogP contribution in [0.2, 0.25) is 10.0 Å². The van der Waals surface area contributed by atoms with E-state index >= 15 is 0 Å². The minimum atomic E-state index is -0.157. The van der Waals surface area contributed by atoms with Crippen molar-refractivity contribution in [2.45, 2.75) is 11.5 Å². The monoisotopic (exact) mass is 318 g/mol. The average Bonchev–Trinajstić information content (AvgIpc) is 2.89. The van der Waals surface area contributed by atoms with Crippen LogP contribution in [-0.4, -0.2) is 22.6 Å². The van der Waals surface area contributed by atoms with Gasteiger partial charge >= 0.3 is 0 Å². The number of hydrogen-bond donors (Lipinski definition) is 2. The second-order valence-electron chi connectivity index (χ2n) is 3.74. The van der Waals surface area contributed by atoms with Crippen molar-refractivity contribution < 1.29 is 14.6 Å². The van der Waals surface area contributed by atoms with Gasteiger partial charge in [-0.1, -0.05) is 23.2 Å². The molecular formula is C13H12Cl2O3S. The normalized spacial score (nSPS) is 10.9.